The lowest BCUT2D eigenvalue weighted by Gasteiger charge is -2.15. The fourth-order valence-corrected chi connectivity index (χ4v) is 3.65. The molecule has 2 aromatic carbocycles. The van der Waals surface area contributed by atoms with Gasteiger partial charge < -0.3 is 5.32 Å². The molecule has 0 radical (unpaired) electrons. The third-order valence-corrected chi connectivity index (χ3v) is 5.74. The standard InChI is InChI=1S/C20H25NOS/c1-12-7-8-18(10-13(12)2)21-19(22)11-23-20-16(5)14(3)9-15(4)17(20)6/h7-10H,11H2,1-6H3,(H,21,22). The number of hydrogen-bond acceptors (Lipinski definition) is 2. The minimum Gasteiger partial charge on any atom is -0.325 e. The van der Waals surface area contributed by atoms with Crippen LogP contribution in [0.3, 0.4) is 0 Å². The van der Waals surface area contributed by atoms with Crippen molar-refractivity contribution in [3.63, 3.8) is 0 Å². The molecule has 0 unspecified atom stereocenters. The zero-order chi connectivity index (χ0) is 17.1. The summed E-state index contributed by atoms with van der Waals surface area (Å²) < 4.78 is 0. The van der Waals surface area contributed by atoms with E-state index >= 15 is 0 Å². The summed E-state index contributed by atoms with van der Waals surface area (Å²) >= 11 is 1.62. The lowest BCUT2D eigenvalue weighted by atomic mass is 10.0. The SMILES string of the molecule is Cc1ccc(NC(=O)CSc2c(C)c(C)cc(C)c2C)cc1C. The van der Waals surface area contributed by atoms with Crippen LogP contribution in [-0.2, 0) is 4.79 Å². The van der Waals surface area contributed by atoms with E-state index in [1.165, 1.54) is 38.3 Å². The van der Waals surface area contributed by atoms with E-state index in [1.54, 1.807) is 11.8 Å². The second-order valence-corrected chi connectivity index (χ2v) is 7.21. The first-order valence-electron chi connectivity index (χ1n) is 7.87. The van der Waals surface area contributed by atoms with Crippen molar-refractivity contribution < 1.29 is 4.79 Å². The molecule has 2 nitrogen and oxygen atoms in total. The number of aryl methyl sites for hydroxylation is 4. The Kier molecular flexibility index (Phi) is 5.53. The first-order chi connectivity index (χ1) is 10.8. The highest BCUT2D eigenvalue weighted by atomic mass is 32.2. The van der Waals surface area contributed by atoms with Crippen LogP contribution in [0.15, 0.2) is 29.2 Å². The van der Waals surface area contributed by atoms with E-state index in [-0.39, 0.29) is 5.91 Å². The molecule has 0 aliphatic heterocycles. The van der Waals surface area contributed by atoms with Crippen molar-refractivity contribution in [1.29, 1.82) is 0 Å². The Morgan fingerprint density at radius 1 is 0.870 bits per heavy atom. The van der Waals surface area contributed by atoms with Crippen LogP contribution in [0.4, 0.5) is 5.69 Å². The van der Waals surface area contributed by atoms with Gasteiger partial charge >= 0.3 is 0 Å². The summed E-state index contributed by atoms with van der Waals surface area (Å²) in [4.78, 5) is 13.5. The van der Waals surface area contributed by atoms with Gasteiger partial charge in [-0.3, -0.25) is 4.79 Å². The molecule has 0 heterocycles. The van der Waals surface area contributed by atoms with E-state index in [9.17, 15) is 4.79 Å². The van der Waals surface area contributed by atoms with Gasteiger partial charge in [0.25, 0.3) is 0 Å². The molecule has 2 aromatic rings. The Morgan fingerprint density at radius 2 is 1.48 bits per heavy atom. The Labute approximate surface area is 143 Å². The first kappa shape index (κ1) is 17.6. The van der Waals surface area contributed by atoms with Crippen LogP contribution in [0, 0.1) is 41.5 Å². The molecule has 1 N–H and O–H groups in total. The number of thioether (sulfide) groups is 1. The molecular weight excluding hydrogens is 302 g/mol. The summed E-state index contributed by atoms with van der Waals surface area (Å²) in [5.41, 5.74) is 8.41. The number of carbonyl (C=O) groups is 1. The number of carbonyl (C=O) groups excluding carboxylic acids is 1. The van der Waals surface area contributed by atoms with E-state index in [0.717, 1.165) is 5.69 Å². The number of amides is 1. The van der Waals surface area contributed by atoms with Crippen LogP contribution in [0.5, 0.6) is 0 Å². The largest absolute Gasteiger partial charge is 0.325 e. The van der Waals surface area contributed by atoms with E-state index in [4.69, 9.17) is 0 Å². The third kappa shape index (κ3) is 4.17. The second-order valence-electron chi connectivity index (χ2n) is 6.23. The van der Waals surface area contributed by atoms with Gasteiger partial charge in [-0.25, -0.2) is 0 Å². The smallest absolute Gasteiger partial charge is 0.234 e. The molecule has 0 aliphatic carbocycles. The summed E-state index contributed by atoms with van der Waals surface area (Å²) in [6.45, 7) is 12.6. The number of nitrogens with one attached hydrogen (secondary N) is 1. The summed E-state index contributed by atoms with van der Waals surface area (Å²) in [5, 5.41) is 2.99. The van der Waals surface area contributed by atoms with Gasteiger partial charge in [0.2, 0.25) is 5.91 Å². The zero-order valence-corrected chi connectivity index (χ0v) is 15.6. The van der Waals surface area contributed by atoms with Gasteiger partial charge in [0, 0.05) is 10.6 Å². The van der Waals surface area contributed by atoms with Crippen molar-refractivity contribution in [2.75, 3.05) is 11.1 Å². The minimum atomic E-state index is 0.0382. The average Bonchev–Trinajstić information content (AvgIpc) is 2.49. The highest BCUT2D eigenvalue weighted by molar-refractivity contribution is 8.00. The first-order valence-corrected chi connectivity index (χ1v) is 8.85. The highest BCUT2D eigenvalue weighted by Crippen LogP contribution is 2.31. The molecule has 0 saturated heterocycles. The third-order valence-electron chi connectivity index (χ3n) is 4.44. The lowest BCUT2D eigenvalue weighted by molar-refractivity contribution is -0.113. The normalized spacial score (nSPS) is 10.7. The molecule has 0 spiro atoms. The van der Waals surface area contributed by atoms with Crippen molar-refractivity contribution in [1.82, 2.24) is 0 Å². The van der Waals surface area contributed by atoms with Crippen molar-refractivity contribution in [2.45, 2.75) is 46.4 Å². The van der Waals surface area contributed by atoms with Gasteiger partial charge in [0.1, 0.15) is 0 Å². The Morgan fingerprint density at radius 3 is 2.04 bits per heavy atom. The number of hydrogen-bond donors (Lipinski definition) is 1. The van der Waals surface area contributed by atoms with E-state index in [2.05, 4.69) is 52.9 Å². The van der Waals surface area contributed by atoms with Crippen molar-refractivity contribution in [2.24, 2.45) is 0 Å². The molecule has 0 fully saturated rings. The fourth-order valence-electron chi connectivity index (χ4n) is 2.55. The van der Waals surface area contributed by atoms with Gasteiger partial charge in [0.05, 0.1) is 5.75 Å². The van der Waals surface area contributed by atoms with Gasteiger partial charge in [-0.2, -0.15) is 0 Å². The van der Waals surface area contributed by atoms with Crippen LogP contribution in [0.25, 0.3) is 0 Å². The van der Waals surface area contributed by atoms with Crippen LogP contribution in [-0.4, -0.2) is 11.7 Å². The van der Waals surface area contributed by atoms with Gasteiger partial charge in [-0.1, -0.05) is 12.1 Å². The molecule has 23 heavy (non-hydrogen) atoms. The monoisotopic (exact) mass is 327 g/mol. The lowest BCUT2D eigenvalue weighted by Crippen LogP contribution is -2.14. The average molecular weight is 327 g/mol. The van der Waals surface area contributed by atoms with Crippen LogP contribution < -0.4 is 5.32 Å². The zero-order valence-electron chi connectivity index (χ0n) is 14.8. The van der Waals surface area contributed by atoms with E-state index < -0.39 is 0 Å². The Bertz CT molecular complexity index is 724. The maximum Gasteiger partial charge on any atom is 0.234 e. The van der Waals surface area contributed by atoms with Gasteiger partial charge in [0.15, 0.2) is 0 Å². The van der Waals surface area contributed by atoms with Crippen molar-refractivity contribution >= 4 is 23.4 Å². The maximum atomic E-state index is 12.2. The number of anilines is 1. The molecular formula is C20H25NOS. The predicted molar refractivity (Wildman–Crippen MR) is 101 cm³/mol. The number of benzene rings is 2. The van der Waals surface area contributed by atoms with E-state index in [0.29, 0.717) is 5.75 Å². The van der Waals surface area contributed by atoms with Gasteiger partial charge in [-0.15, -0.1) is 11.8 Å². The summed E-state index contributed by atoms with van der Waals surface area (Å²) in [6, 6.07) is 8.23. The van der Waals surface area contributed by atoms with Crippen molar-refractivity contribution in [3.05, 3.63) is 57.6 Å². The summed E-state index contributed by atoms with van der Waals surface area (Å²) in [6.07, 6.45) is 0. The molecule has 3 heteroatoms. The van der Waals surface area contributed by atoms with Crippen LogP contribution in [0.1, 0.15) is 33.4 Å². The van der Waals surface area contributed by atoms with Crippen LogP contribution >= 0.6 is 11.8 Å². The predicted octanol–water partition coefficient (Wildman–Crippen LogP) is 5.27. The van der Waals surface area contributed by atoms with Crippen LogP contribution in [0.2, 0.25) is 0 Å². The van der Waals surface area contributed by atoms with E-state index in [1.807, 2.05) is 18.2 Å². The summed E-state index contributed by atoms with van der Waals surface area (Å²) in [7, 11) is 0. The van der Waals surface area contributed by atoms with Gasteiger partial charge in [-0.05, 0) is 87.1 Å². The second kappa shape index (κ2) is 7.22. The molecule has 0 bridgehead atoms. The maximum absolute atomic E-state index is 12.2. The Balaban J connectivity index is 2.06. The Hall–Kier alpha value is -1.74. The molecule has 0 aliphatic rings. The fraction of sp³-hybridized carbons (Fsp3) is 0.350. The van der Waals surface area contributed by atoms with Crippen molar-refractivity contribution in [3.8, 4) is 0 Å². The molecule has 2 rings (SSSR count). The quantitative estimate of drug-likeness (QED) is 0.775. The molecule has 122 valence electrons. The minimum absolute atomic E-state index is 0.0382. The summed E-state index contributed by atoms with van der Waals surface area (Å²) in [5.74, 6) is 0.466. The topological polar surface area (TPSA) is 29.1 Å². The molecule has 1 amide bonds. The molecule has 0 atom stereocenters. The number of rotatable bonds is 4. The molecule has 0 saturated carbocycles. The highest BCUT2D eigenvalue weighted by Gasteiger charge is 2.11. The molecule has 0 aromatic heterocycles.